The summed E-state index contributed by atoms with van der Waals surface area (Å²) in [6.45, 7) is 2.50. The van der Waals surface area contributed by atoms with Crippen molar-refractivity contribution in [2.75, 3.05) is 13.1 Å². The minimum Gasteiger partial charge on any atom is -0.335 e. The van der Waals surface area contributed by atoms with Crippen LogP contribution in [0, 0.1) is 5.41 Å². The van der Waals surface area contributed by atoms with Crippen molar-refractivity contribution < 1.29 is 18.0 Å². The Hall–Kier alpha value is -1.37. The minimum atomic E-state index is -4.52. The van der Waals surface area contributed by atoms with E-state index in [0.29, 0.717) is 12.4 Å². The van der Waals surface area contributed by atoms with Crippen LogP contribution in [0.25, 0.3) is 0 Å². The molecule has 0 amide bonds. The van der Waals surface area contributed by atoms with Crippen molar-refractivity contribution in [3.63, 3.8) is 0 Å². The SMILES string of the molecule is CCCn1ccnc1CC(=O)C1(C(F)(F)F)CCNC1. The van der Waals surface area contributed by atoms with Gasteiger partial charge in [0.05, 0.1) is 6.42 Å². The first kappa shape index (κ1) is 15.0. The lowest BCUT2D eigenvalue weighted by Crippen LogP contribution is -2.47. The Morgan fingerprint density at radius 2 is 2.30 bits per heavy atom. The zero-order valence-electron chi connectivity index (χ0n) is 11.3. The van der Waals surface area contributed by atoms with Crippen molar-refractivity contribution in [2.45, 2.75) is 38.9 Å². The molecule has 7 heteroatoms. The van der Waals surface area contributed by atoms with Gasteiger partial charge in [0.1, 0.15) is 11.2 Å². The third-order valence-corrected chi connectivity index (χ3v) is 3.82. The molecular formula is C13H18F3N3O. The fourth-order valence-corrected chi connectivity index (χ4v) is 2.59. The number of Topliss-reactive ketones (excluding diaryl/α,β-unsaturated/α-hetero) is 1. The quantitative estimate of drug-likeness (QED) is 0.901. The molecule has 0 saturated carbocycles. The van der Waals surface area contributed by atoms with Gasteiger partial charge < -0.3 is 9.88 Å². The number of nitrogens with one attached hydrogen (secondary N) is 1. The van der Waals surface area contributed by atoms with E-state index in [4.69, 9.17) is 0 Å². The first-order valence-electron chi connectivity index (χ1n) is 6.71. The van der Waals surface area contributed by atoms with Gasteiger partial charge in [0, 0.05) is 25.5 Å². The molecule has 112 valence electrons. The van der Waals surface area contributed by atoms with Crippen LogP contribution in [0.4, 0.5) is 13.2 Å². The summed E-state index contributed by atoms with van der Waals surface area (Å²) in [5, 5.41) is 2.65. The van der Waals surface area contributed by atoms with Gasteiger partial charge in [-0.2, -0.15) is 13.2 Å². The molecule has 1 aromatic heterocycles. The molecule has 1 fully saturated rings. The molecule has 2 heterocycles. The maximum absolute atomic E-state index is 13.3. The zero-order valence-corrected chi connectivity index (χ0v) is 11.3. The van der Waals surface area contributed by atoms with Crippen LogP contribution in [0.3, 0.4) is 0 Å². The van der Waals surface area contributed by atoms with Crippen LogP contribution in [0.15, 0.2) is 12.4 Å². The van der Waals surface area contributed by atoms with Crippen molar-refractivity contribution in [3.05, 3.63) is 18.2 Å². The summed E-state index contributed by atoms with van der Waals surface area (Å²) in [7, 11) is 0. The number of nitrogens with zero attached hydrogens (tertiary/aromatic N) is 2. The Morgan fingerprint density at radius 1 is 1.55 bits per heavy atom. The summed E-state index contributed by atoms with van der Waals surface area (Å²) in [4.78, 5) is 16.2. The Balaban J connectivity index is 2.19. The average molecular weight is 289 g/mol. The monoisotopic (exact) mass is 289 g/mol. The first-order chi connectivity index (χ1) is 9.40. The molecule has 0 radical (unpaired) electrons. The van der Waals surface area contributed by atoms with E-state index >= 15 is 0 Å². The topological polar surface area (TPSA) is 46.9 Å². The third kappa shape index (κ3) is 2.59. The largest absolute Gasteiger partial charge is 0.402 e. The van der Waals surface area contributed by atoms with E-state index in [0.717, 1.165) is 6.42 Å². The molecule has 1 saturated heterocycles. The number of imidazole rings is 1. The highest BCUT2D eigenvalue weighted by atomic mass is 19.4. The number of ketones is 1. The van der Waals surface area contributed by atoms with Gasteiger partial charge in [0.2, 0.25) is 0 Å². The number of alkyl halides is 3. The number of aryl methyl sites for hydroxylation is 1. The van der Waals surface area contributed by atoms with Crippen LogP contribution in [0.1, 0.15) is 25.6 Å². The molecule has 4 nitrogen and oxygen atoms in total. The van der Waals surface area contributed by atoms with Gasteiger partial charge in [-0.1, -0.05) is 6.92 Å². The summed E-state index contributed by atoms with van der Waals surface area (Å²) in [5.74, 6) is -0.383. The molecule has 1 aliphatic rings. The van der Waals surface area contributed by atoms with E-state index in [1.165, 1.54) is 6.20 Å². The molecule has 0 spiro atoms. The van der Waals surface area contributed by atoms with E-state index in [2.05, 4.69) is 10.3 Å². The van der Waals surface area contributed by atoms with Gasteiger partial charge in [-0.15, -0.1) is 0 Å². The molecule has 0 bridgehead atoms. The average Bonchev–Trinajstić information content (AvgIpc) is 2.98. The second-order valence-electron chi connectivity index (χ2n) is 5.14. The third-order valence-electron chi connectivity index (χ3n) is 3.82. The van der Waals surface area contributed by atoms with Crippen LogP contribution < -0.4 is 5.32 Å². The van der Waals surface area contributed by atoms with E-state index in [1.54, 1.807) is 10.8 Å². The van der Waals surface area contributed by atoms with Gasteiger partial charge in [-0.3, -0.25) is 4.79 Å². The van der Waals surface area contributed by atoms with E-state index in [1.807, 2.05) is 6.92 Å². The van der Waals surface area contributed by atoms with Crippen molar-refractivity contribution in [1.29, 1.82) is 0 Å². The number of carbonyl (C=O) groups excluding carboxylic acids is 1. The fraction of sp³-hybridized carbons (Fsp3) is 0.692. The summed E-state index contributed by atoms with van der Waals surface area (Å²) in [6.07, 6.45) is -0.929. The highest BCUT2D eigenvalue weighted by molar-refractivity contribution is 5.87. The molecule has 1 unspecified atom stereocenters. The number of halogens is 3. The standard InChI is InChI=1S/C13H18F3N3O/c1-2-6-19-7-5-18-11(19)8-10(20)12(13(14,15)16)3-4-17-9-12/h5,7,17H,2-4,6,8-9H2,1H3. The molecule has 1 N–H and O–H groups in total. The minimum absolute atomic E-state index is 0.191. The first-order valence-corrected chi connectivity index (χ1v) is 6.71. The van der Waals surface area contributed by atoms with Crippen molar-refractivity contribution in [1.82, 2.24) is 14.9 Å². The maximum Gasteiger partial charge on any atom is 0.402 e. The van der Waals surface area contributed by atoms with Crippen LogP contribution >= 0.6 is 0 Å². The number of carbonyl (C=O) groups is 1. The second kappa shape index (κ2) is 5.55. The molecule has 2 rings (SSSR count). The van der Waals surface area contributed by atoms with E-state index in [9.17, 15) is 18.0 Å². The Morgan fingerprint density at radius 3 is 2.85 bits per heavy atom. The second-order valence-corrected chi connectivity index (χ2v) is 5.14. The fourth-order valence-electron chi connectivity index (χ4n) is 2.59. The Kier molecular flexibility index (Phi) is 4.17. The molecule has 0 aliphatic carbocycles. The Labute approximate surface area is 115 Å². The maximum atomic E-state index is 13.3. The summed E-state index contributed by atoms with van der Waals surface area (Å²) < 4.78 is 41.5. The van der Waals surface area contributed by atoms with Crippen molar-refractivity contribution >= 4 is 5.78 Å². The number of aromatic nitrogens is 2. The molecule has 1 aliphatic heterocycles. The van der Waals surface area contributed by atoms with Gasteiger partial charge in [0.15, 0.2) is 5.78 Å². The highest BCUT2D eigenvalue weighted by Crippen LogP contribution is 2.44. The number of hydrogen-bond acceptors (Lipinski definition) is 3. The number of hydrogen-bond donors (Lipinski definition) is 1. The van der Waals surface area contributed by atoms with Gasteiger partial charge >= 0.3 is 6.18 Å². The molecule has 0 aromatic carbocycles. The summed E-state index contributed by atoms with van der Waals surface area (Å²) >= 11 is 0. The van der Waals surface area contributed by atoms with Crippen molar-refractivity contribution in [2.24, 2.45) is 5.41 Å². The molecule has 1 atom stereocenters. The Bertz CT molecular complexity index is 475. The van der Waals surface area contributed by atoms with E-state index < -0.39 is 17.4 Å². The van der Waals surface area contributed by atoms with Crippen LogP contribution in [-0.2, 0) is 17.8 Å². The predicted molar refractivity (Wildman–Crippen MR) is 67.2 cm³/mol. The van der Waals surface area contributed by atoms with Crippen LogP contribution in [-0.4, -0.2) is 34.6 Å². The van der Waals surface area contributed by atoms with Gasteiger partial charge in [-0.05, 0) is 19.4 Å². The van der Waals surface area contributed by atoms with Gasteiger partial charge in [-0.25, -0.2) is 4.98 Å². The van der Waals surface area contributed by atoms with E-state index in [-0.39, 0.29) is 25.9 Å². The summed E-state index contributed by atoms with van der Waals surface area (Å²) in [6, 6.07) is 0. The van der Waals surface area contributed by atoms with Crippen molar-refractivity contribution in [3.8, 4) is 0 Å². The summed E-state index contributed by atoms with van der Waals surface area (Å²) in [5.41, 5.74) is -2.25. The number of rotatable bonds is 5. The highest BCUT2D eigenvalue weighted by Gasteiger charge is 2.60. The molecule has 20 heavy (non-hydrogen) atoms. The van der Waals surface area contributed by atoms with Gasteiger partial charge in [0.25, 0.3) is 0 Å². The van der Waals surface area contributed by atoms with Crippen LogP contribution in [0.5, 0.6) is 0 Å². The molecular weight excluding hydrogens is 271 g/mol. The van der Waals surface area contributed by atoms with Crippen LogP contribution in [0.2, 0.25) is 0 Å². The lowest BCUT2D eigenvalue weighted by atomic mass is 9.80. The zero-order chi connectivity index (χ0) is 14.8. The molecule has 1 aromatic rings. The predicted octanol–water partition coefficient (Wildman–Crippen LogP) is 1.95. The lowest BCUT2D eigenvalue weighted by Gasteiger charge is -2.29. The lowest BCUT2D eigenvalue weighted by molar-refractivity contribution is -0.214. The smallest absolute Gasteiger partial charge is 0.335 e. The normalized spacial score (nSPS) is 23.2.